The number of benzene rings is 2. The molecule has 0 N–H and O–H groups in total. The molecule has 0 spiro atoms. The van der Waals surface area contributed by atoms with Gasteiger partial charge in [-0.2, -0.15) is 5.26 Å². The van der Waals surface area contributed by atoms with E-state index < -0.39 is 11.7 Å². The number of carbonyl (C=O) groups is 1. The molecule has 0 saturated carbocycles. The molecule has 1 amide bonds. The van der Waals surface area contributed by atoms with Crippen LogP contribution < -0.4 is 4.90 Å². The summed E-state index contributed by atoms with van der Waals surface area (Å²) in [5, 5.41) is 11.0. The lowest BCUT2D eigenvalue weighted by atomic mass is 9.86. The number of anilines is 1. The second-order valence-corrected chi connectivity index (χ2v) is 7.74. The van der Waals surface area contributed by atoms with Gasteiger partial charge in [0.1, 0.15) is 5.82 Å². The maximum Gasteiger partial charge on any atom is 0.229 e. The third-order valence-corrected chi connectivity index (χ3v) is 6.14. The molecule has 1 atom stereocenters. The quantitative estimate of drug-likeness (QED) is 0.734. The largest absolute Gasteiger partial charge is 0.344 e. The van der Waals surface area contributed by atoms with E-state index in [1.54, 1.807) is 29.2 Å². The van der Waals surface area contributed by atoms with Gasteiger partial charge in [-0.15, -0.1) is 0 Å². The average Bonchev–Trinajstić information content (AvgIpc) is 2.68. The normalized spacial score (nSPS) is 19.7. The molecule has 0 unspecified atom stereocenters. The molecule has 0 radical (unpaired) electrons. The Morgan fingerprint density at radius 3 is 2.78 bits per heavy atom. The molecule has 1 saturated heterocycles. The van der Waals surface area contributed by atoms with Crippen LogP contribution >= 0.6 is 23.4 Å². The zero-order valence-electron chi connectivity index (χ0n) is 14.2. The fraction of sp³-hybridized carbons (Fsp3) is 0.200. The first-order valence-corrected chi connectivity index (χ1v) is 9.77. The van der Waals surface area contributed by atoms with Crippen LogP contribution in [0.2, 0.25) is 5.02 Å². The highest BCUT2D eigenvalue weighted by atomic mass is 35.5. The molecule has 4 nitrogen and oxygen atoms in total. The molecule has 2 aromatic carbocycles. The highest BCUT2D eigenvalue weighted by molar-refractivity contribution is 8.03. The Balaban J connectivity index is 1.69. The summed E-state index contributed by atoms with van der Waals surface area (Å²) in [6, 6.07) is 16.0. The number of nitriles is 1. The molecule has 0 aliphatic carbocycles. The zero-order valence-corrected chi connectivity index (χ0v) is 15.8. The van der Waals surface area contributed by atoms with Crippen molar-refractivity contribution >= 4 is 35.0 Å². The summed E-state index contributed by atoms with van der Waals surface area (Å²) in [6.45, 7) is 0.344. The molecule has 0 bridgehead atoms. The first kappa shape index (κ1) is 17.9. The summed E-state index contributed by atoms with van der Waals surface area (Å²) in [6.07, 6.45) is 0.0806. The van der Waals surface area contributed by atoms with Gasteiger partial charge < -0.3 is 4.90 Å². The van der Waals surface area contributed by atoms with Crippen LogP contribution in [0.25, 0.3) is 0 Å². The Morgan fingerprint density at radius 1 is 1.22 bits per heavy atom. The first-order valence-electron chi connectivity index (χ1n) is 8.41. The standard InChI is InChI=1S/C20H15ClFN3OS/c21-13-4-3-5-14(8-13)24-11-25-19(26)9-16(15-6-1-2-7-18(15)22)17(10-23)20(25)27-12-24/h1-8,16H,9,11-12H2/t16-/m1/s1. The van der Waals surface area contributed by atoms with Crippen LogP contribution in [-0.4, -0.2) is 23.4 Å². The van der Waals surface area contributed by atoms with Crippen molar-refractivity contribution < 1.29 is 9.18 Å². The van der Waals surface area contributed by atoms with Crippen LogP contribution in [0.5, 0.6) is 0 Å². The minimum atomic E-state index is -0.542. The Hall–Kier alpha value is -2.49. The third-order valence-electron chi connectivity index (χ3n) is 4.75. The van der Waals surface area contributed by atoms with Crippen molar-refractivity contribution in [1.82, 2.24) is 4.90 Å². The number of amides is 1. The van der Waals surface area contributed by atoms with Crippen LogP contribution in [0.15, 0.2) is 59.1 Å². The van der Waals surface area contributed by atoms with Crippen LogP contribution in [0.3, 0.4) is 0 Å². The summed E-state index contributed by atoms with van der Waals surface area (Å²) in [5.74, 6) is -0.468. The summed E-state index contributed by atoms with van der Waals surface area (Å²) < 4.78 is 14.3. The summed E-state index contributed by atoms with van der Waals surface area (Å²) in [7, 11) is 0. The van der Waals surface area contributed by atoms with Gasteiger partial charge in [-0.25, -0.2) is 4.39 Å². The second kappa shape index (κ2) is 7.26. The predicted octanol–water partition coefficient (Wildman–Crippen LogP) is 4.70. The van der Waals surface area contributed by atoms with E-state index in [0.717, 1.165) is 5.69 Å². The Kier molecular flexibility index (Phi) is 4.81. The van der Waals surface area contributed by atoms with E-state index in [2.05, 4.69) is 6.07 Å². The molecule has 27 heavy (non-hydrogen) atoms. The first-order chi connectivity index (χ1) is 13.1. The van der Waals surface area contributed by atoms with Gasteiger partial charge in [0.25, 0.3) is 0 Å². The molecule has 4 rings (SSSR count). The molecule has 0 aromatic heterocycles. The van der Waals surface area contributed by atoms with E-state index in [-0.39, 0.29) is 12.3 Å². The van der Waals surface area contributed by atoms with Crippen LogP contribution in [-0.2, 0) is 4.79 Å². The molecular weight excluding hydrogens is 385 g/mol. The van der Waals surface area contributed by atoms with Crippen LogP contribution in [0.1, 0.15) is 17.9 Å². The van der Waals surface area contributed by atoms with Crippen molar-refractivity contribution in [2.24, 2.45) is 0 Å². The zero-order chi connectivity index (χ0) is 19.0. The maximum atomic E-state index is 14.3. The second-order valence-electron chi connectivity index (χ2n) is 6.37. The third kappa shape index (κ3) is 3.29. The van der Waals surface area contributed by atoms with Gasteiger partial charge in [0.05, 0.1) is 29.2 Å². The number of rotatable bonds is 2. The number of halogens is 2. The summed E-state index contributed by atoms with van der Waals surface area (Å²) in [4.78, 5) is 16.5. The molecule has 136 valence electrons. The van der Waals surface area contributed by atoms with E-state index in [9.17, 15) is 14.4 Å². The molecule has 1 fully saturated rings. The number of thioether (sulfide) groups is 1. The predicted molar refractivity (Wildman–Crippen MR) is 104 cm³/mol. The van der Waals surface area contributed by atoms with Crippen molar-refractivity contribution in [3.05, 3.63) is 75.5 Å². The van der Waals surface area contributed by atoms with Crippen molar-refractivity contribution in [3.63, 3.8) is 0 Å². The average molecular weight is 400 g/mol. The van der Waals surface area contributed by atoms with Gasteiger partial charge in [0.15, 0.2) is 0 Å². The van der Waals surface area contributed by atoms with Crippen molar-refractivity contribution in [2.75, 3.05) is 17.4 Å². The van der Waals surface area contributed by atoms with Gasteiger partial charge in [0.2, 0.25) is 5.91 Å². The smallest absolute Gasteiger partial charge is 0.229 e. The lowest BCUT2D eigenvalue weighted by Crippen LogP contribution is -2.47. The van der Waals surface area contributed by atoms with Crippen LogP contribution in [0, 0.1) is 17.1 Å². The van der Waals surface area contributed by atoms with Crippen molar-refractivity contribution in [1.29, 1.82) is 5.26 Å². The molecule has 2 aromatic rings. The number of nitrogens with zero attached hydrogens (tertiary/aromatic N) is 3. The summed E-state index contributed by atoms with van der Waals surface area (Å²) >= 11 is 7.49. The van der Waals surface area contributed by atoms with Gasteiger partial charge >= 0.3 is 0 Å². The van der Waals surface area contributed by atoms with E-state index in [1.807, 2.05) is 23.1 Å². The highest BCUT2D eigenvalue weighted by Crippen LogP contribution is 2.43. The minimum absolute atomic E-state index is 0.0806. The number of allylic oxidation sites excluding steroid dienone is 1. The van der Waals surface area contributed by atoms with Gasteiger partial charge in [-0.3, -0.25) is 9.69 Å². The van der Waals surface area contributed by atoms with Crippen molar-refractivity contribution in [2.45, 2.75) is 12.3 Å². The van der Waals surface area contributed by atoms with E-state index >= 15 is 0 Å². The fourth-order valence-electron chi connectivity index (χ4n) is 3.42. The number of hydrogen-bond donors (Lipinski definition) is 0. The molecule has 2 heterocycles. The van der Waals surface area contributed by atoms with E-state index in [1.165, 1.54) is 17.8 Å². The lowest BCUT2D eigenvalue weighted by Gasteiger charge is -2.42. The molecule has 2 aliphatic heterocycles. The Labute approximate surface area is 165 Å². The van der Waals surface area contributed by atoms with E-state index in [0.29, 0.717) is 33.7 Å². The van der Waals surface area contributed by atoms with E-state index in [4.69, 9.17) is 11.6 Å². The van der Waals surface area contributed by atoms with Crippen LogP contribution in [0.4, 0.5) is 10.1 Å². The van der Waals surface area contributed by atoms with Gasteiger partial charge in [-0.1, -0.05) is 47.6 Å². The van der Waals surface area contributed by atoms with Gasteiger partial charge in [-0.05, 0) is 29.8 Å². The monoisotopic (exact) mass is 399 g/mol. The summed E-state index contributed by atoms with van der Waals surface area (Å²) in [5.41, 5.74) is 1.76. The lowest BCUT2D eigenvalue weighted by molar-refractivity contribution is -0.129. The Morgan fingerprint density at radius 2 is 2.04 bits per heavy atom. The molecule has 7 heteroatoms. The topological polar surface area (TPSA) is 47.3 Å². The fourth-order valence-corrected chi connectivity index (χ4v) is 4.77. The number of carbonyl (C=O) groups excluding carboxylic acids is 1. The Bertz CT molecular complexity index is 987. The number of hydrogen-bond acceptors (Lipinski definition) is 4. The molecule has 2 aliphatic rings. The van der Waals surface area contributed by atoms with Crippen molar-refractivity contribution in [3.8, 4) is 6.07 Å². The minimum Gasteiger partial charge on any atom is -0.344 e. The highest BCUT2D eigenvalue weighted by Gasteiger charge is 2.39. The SMILES string of the molecule is N#CC1=C2SCN(c3cccc(Cl)c3)CN2C(=O)C[C@@H]1c1ccccc1F. The molecular formula is C20H15ClFN3OS. The van der Waals surface area contributed by atoms with Gasteiger partial charge in [0, 0.05) is 23.0 Å². The number of fused-ring (bicyclic) bond motifs is 1. The maximum absolute atomic E-state index is 14.3.